The zero-order valence-electron chi connectivity index (χ0n) is 10.5. The van der Waals surface area contributed by atoms with E-state index in [1.165, 1.54) is 12.8 Å². The second-order valence-electron chi connectivity index (χ2n) is 5.66. The van der Waals surface area contributed by atoms with Crippen LogP contribution in [0.5, 0.6) is 0 Å². The first-order valence-electron chi connectivity index (χ1n) is 6.82. The van der Waals surface area contributed by atoms with Crippen LogP contribution in [0.15, 0.2) is 0 Å². The van der Waals surface area contributed by atoms with Crippen LogP contribution in [0.4, 0.5) is 0 Å². The molecule has 4 heteroatoms. The molecule has 0 aromatic rings. The van der Waals surface area contributed by atoms with Gasteiger partial charge in [-0.1, -0.05) is 25.7 Å². The minimum atomic E-state index is -0.295. The second-order valence-corrected chi connectivity index (χ2v) is 5.66. The first-order valence-corrected chi connectivity index (χ1v) is 6.82. The molecule has 3 N–H and O–H groups in total. The predicted molar refractivity (Wildman–Crippen MR) is 66.3 cm³/mol. The molecule has 1 aliphatic heterocycles. The highest BCUT2D eigenvalue weighted by molar-refractivity contribution is 5.83. The largest absolute Gasteiger partial charge is 0.396 e. The van der Waals surface area contributed by atoms with Gasteiger partial charge in [0.2, 0.25) is 5.91 Å². The van der Waals surface area contributed by atoms with E-state index in [2.05, 4.69) is 0 Å². The molecule has 17 heavy (non-hydrogen) atoms. The van der Waals surface area contributed by atoms with Gasteiger partial charge >= 0.3 is 0 Å². The average molecular weight is 240 g/mol. The minimum Gasteiger partial charge on any atom is -0.396 e. The lowest BCUT2D eigenvalue weighted by molar-refractivity contribution is -0.150. The molecular formula is C13H24N2O2. The van der Waals surface area contributed by atoms with Gasteiger partial charge in [0.25, 0.3) is 0 Å². The molecule has 1 aliphatic carbocycles. The number of nitrogens with zero attached hydrogens (tertiary/aromatic N) is 1. The van der Waals surface area contributed by atoms with Crippen molar-refractivity contribution in [2.45, 2.75) is 38.5 Å². The topological polar surface area (TPSA) is 66.6 Å². The van der Waals surface area contributed by atoms with Crippen molar-refractivity contribution in [2.75, 3.05) is 26.2 Å². The van der Waals surface area contributed by atoms with Crippen LogP contribution in [0.1, 0.15) is 38.5 Å². The van der Waals surface area contributed by atoms with Crippen LogP contribution in [-0.4, -0.2) is 42.2 Å². The van der Waals surface area contributed by atoms with Gasteiger partial charge in [0.15, 0.2) is 0 Å². The molecule has 0 unspecified atom stereocenters. The van der Waals surface area contributed by atoms with E-state index in [0.29, 0.717) is 12.5 Å². The van der Waals surface area contributed by atoms with Gasteiger partial charge in [-0.25, -0.2) is 0 Å². The van der Waals surface area contributed by atoms with Crippen LogP contribution in [-0.2, 0) is 4.79 Å². The van der Waals surface area contributed by atoms with E-state index in [-0.39, 0.29) is 17.9 Å². The van der Waals surface area contributed by atoms with E-state index >= 15 is 0 Å². The number of rotatable bonds is 3. The van der Waals surface area contributed by atoms with Crippen molar-refractivity contribution in [3.63, 3.8) is 0 Å². The first-order chi connectivity index (χ1) is 8.22. The van der Waals surface area contributed by atoms with Gasteiger partial charge in [-0.05, 0) is 12.8 Å². The molecule has 1 saturated heterocycles. The van der Waals surface area contributed by atoms with E-state index < -0.39 is 0 Å². The molecule has 0 spiro atoms. The molecule has 98 valence electrons. The third kappa shape index (κ3) is 2.47. The Balaban J connectivity index is 1.99. The van der Waals surface area contributed by atoms with Crippen molar-refractivity contribution in [3.8, 4) is 0 Å². The molecule has 1 heterocycles. The number of likely N-dealkylation sites (tertiary alicyclic amines) is 1. The van der Waals surface area contributed by atoms with Gasteiger partial charge in [0, 0.05) is 32.2 Å². The Labute approximate surface area is 103 Å². The van der Waals surface area contributed by atoms with Crippen LogP contribution in [0.25, 0.3) is 0 Å². The molecule has 0 aromatic heterocycles. The minimum absolute atomic E-state index is 0.194. The number of carbonyl (C=O) groups excluding carboxylic acids is 1. The zero-order chi connectivity index (χ0) is 12.3. The normalized spacial score (nSPS) is 25.2. The summed E-state index contributed by atoms with van der Waals surface area (Å²) in [5.74, 6) is 0.533. The molecule has 0 aromatic carbocycles. The molecule has 4 nitrogen and oxygen atoms in total. The van der Waals surface area contributed by atoms with Gasteiger partial charge in [-0.3, -0.25) is 4.79 Å². The van der Waals surface area contributed by atoms with Crippen molar-refractivity contribution in [3.05, 3.63) is 0 Å². The lowest BCUT2D eigenvalue weighted by Crippen LogP contribution is -2.57. The fraction of sp³-hybridized carbons (Fsp3) is 0.923. The molecular weight excluding hydrogens is 216 g/mol. The molecule has 0 radical (unpaired) electrons. The molecule has 1 saturated carbocycles. The average Bonchev–Trinajstić information content (AvgIpc) is 2.53. The van der Waals surface area contributed by atoms with Gasteiger partial charge in [-0.15, -0.1) is 0 Å². The molecule has 2 fully saturated rings. The number of aliphatic hydroxyl groups excluding tert-OH is 1. The van der Waals surface area contributed by atoms with Gasteiger partial charge < -0.3 is 15.7 Å². The summed E-state index contributed by atoms with van der Waals surface area (Å²) in [6.45, 7) is 2.11. The van der Waals surface area contributed by atoms with Crippen LogP contribution in [0.3, 0.4) is 0 Å². The van der Waals surface area contributed by atoms with Crippen LogP contribution < -0.4 is 5.73 Å². The van der Waals surface area contributed by atoms with Crippen molar-refractivity contribution >= 4 is 5.91 Å². The Hall–Kier alpha value is -0.610. The van der Waals surface area contributed by atoms with Crippen LogP contribution in [0, 0.1) is 11.3 Å². The number of carbonyl (C=O) groups is 1. The highest BCUT2D eigenvalue weighted by Gasteiger charge is 2.43. The van der Waals surface area contributed by atoms with Crippen molar-refractivity contribution in [1.29, 1.82) is 0 Å². The highest BCUT2D eigenvalue weighted by Crippen LogP contribution is 2.37. The van der Waals surface area contributed by atoms with E-state index in [1.54, 1.807) is 0 Å². The van der Waals surface area contributed by atoms with Gasteiger partial charge in [0.05, 0.1) is 5.41 Å². The SMILES string of the molecule is NCC1(C(=O)N2CC(CO)C2)CCCCCC1. The molecule has 1 amide bonds. The Bertz CT molecular complexity index is 267. The third-order valence-corrected chi connectivity index (χ3v) is 4.41. The second kappa shape index (κ2) is 5.36. The van der Waals surface area contributed by atoms with Crippen LogP contribution in [0.2, 0.25) is 0 Å². The summed E-state index contributed by atoms with van der Waals surface area (Å²) in [5.41, 5.74) is 5.60. The maximum absolute atomic E-state index is 12.5. The number of hydrogen-bond donors (Lipinski definition) is 2. The van der Waals surface area contributed by atoms with Gasteiger partial charge in [-0.2, -0.15) is 0 Å². The summed E-state index contributed by atoms with van der Waals surface area (Å²) in [6, 6.07) is 0. The van der Waals surface area contributed by atoms with E-state index in [0.717, 1.165) is 38.8 Å². The number of hydrogen-bond acceptors (Lipinski definition) is 3. The predicted octanol–water partition coefficient (Wildman–Crippen LogP) is 0.736. The summed E-state index contributed by atoms with van der Waals surface area (Å²) in [7, 11) is 0. The summed E-state index contributed by atoms with van der Waals surface area (Å²) in [4.78, 5) is 14.4. The number of amides is 1. The Morgan fingerprint density at radius 2 is 1.82 bits per heavy atom. The van der Waals surface area contributed by atoms with Crippen LogP contribution >= 0.6 is 0 Å². The lowest BCUT2D eigenvalue weighted by Gasteiger charge is -2.44. The standard InChI is InChI=1S/C13H24N2O2/c14-10-13(5-3-1-2-4-6-13)12(17)15-7-11(8-15)9-16/h11,16H,1-10,14H2. The van der Waals surface area contributed by atoms with Crippen molar-refractivity contribution in [1.82, 2.24) is 4.90 Å². The summed E-state index contributed by atoms with van der Waals surface area (Å²) < 4.78 is 0. The van der Waals surface area contributed by atoms with E-state index in [9.17, 15) is 4.79 Å². The monoisotopic (exact) mass is 240 g/mol. The lowest BCUT2D eigenvalue weighted by atomic mass is 9.78. The zero-order valence-corrected chi connectivity index (χ0v) is 10.5. The maximum Gasteiger partial charge on any atom is 0.230 e. The Morgan fingerprint density at radius 1 is 1.24 bits per heavy atom. The smallest absolute Gasteiger partial charge is 0.230 e. The molecule has 0 atom stereocenters. The Kier molecular flexibility index (Phi) is 4.05. The highest BCUT2D eigenvalue weighted by atomic mass is 16.3. The van der Waals surface area contributed by atoms with Crippen molar-refractivity contribution < 1.29 is 9.90 Å². The fourth-order valence-electron chi connectivity index (χ4n) is 3.10. The van der Waals surface area contributed by atoms with E-state index in [4.69, 9.17) is 10.8 Å². The van der Waals surface area contributed by atoms with E-state index in [1.807, 2.05) is 4.90 Å². The number of aliphatic hydroxyl groups is 1. The fourth-order valence-corrected chi connectivity index (χ4v) is 3.10. The van der Waals surface area contributed by atoms with Gasteiger partial charge in [0.1, 0.15) is 0 Å². The summed E-state index contributed by atoms with van der Waals surface area (Å²) >= 11 is 0. The summed E-state index contributed by atoms with van der Waals surface area (Å²) in [5, 5.41) is 9.00. The summed E-state index contributed by atoms with van der Waals surface area (Å²) in [6.07, 6.45) is 6.61. The quantitative estimate of drug-likeness (QED) is 0.715. The third-order valence-electron chi connectivity index (χ3n) is 4.41. The number of nitrogens with two attached hydrogens (primary N) is 1. The maximum atomic E-state index is 12.5. The molecule has 2 aliphatic rings. The van der Waals surface area contributed by atoms with Crippen molar-refractivity contribution in [2.24, 2.45) is 17.1 Å². The first kappa shape index (κ1) is 12.8. The molecule has 0 bridgehead atoms. The Morgan fingerprint density at radius 3 is 2.29 bits per heavy atom. The molecule has 2 rings (SSSR count).